The Hall–Kier alpha value is -2.53. The number of unbranched alkanes of at least 4 members (excludes halogenated alkanes) is 45. The van der Waals surface area contributed by atoms with Gasteiger partial charge >= 0.3 is 5.97 Å². The largest absolute Gasteiger partial charge is 0.477 e. The molecule has 3 aliphatic rings. The SMILES string of the molecule is CCCCCCCCCCCCCC/C=C\CCCCCCCCCCCCCCCC(=O)NC(COC1OC(CO)C(OC2OC(CO)C(O)C(OC3(C(=O)O)CC(O)C(NC(C)=O)C(C(O)C(O)CO)O3)C2O)C(O)C1O)C(O)CCCCCCCCCCCCCCCCCCCCCCC. The zero-order valence-corrected chi connectivity index (χ0v) is 64.9. The van der Waals surface area contributed by atoms with Crippen molar-refractivity contribution < 1.29 is 104 Å². The van der Waals surface area contributed by atoms with Crippen LogP contribution in [0.2, 0.25) is 0 Å². The number of aliphatic hydroxyl groups excluding tert-OH is 11. The number of aliphatic hydroxyl groups is 11. The van der Waals surface area contributed by atoms with Gasteiger partial charge in [0.1, 0.15) is 67.1 Å². The normalized spacial score (nSPS) is 26.4. The molecule has 0 aromatic heterocycles. The molecule has 3 heterocycles. The molecule has 0 spiro atoms. The van der Waals surface area contributed by atoms with Gasteiger partial charge in [-0.2, -0.15) is 0 Å². The third-order valence-corrected chi connectivity index (χ3v) is 21.5. The van der Waals surface area contributed by atoms with Crippen LogP contribution >= 0.6 is 0 Å². The van der Waals surface area contributed by atoms with Crippen molar-refractivity contribution in [2.75, 3.05) is 26.4 Å². The molecule has 14 N–H and O–H groups in total. The van der Waals surface area contributed by atoms with Gasteiger partial charge in [0.05, 0.1) is 50.7 Å². The highest BCUT2D eigenvalue weighted by Gasteiger charge is 2.60. The number of nitrogens with one attached hydrogen (secondary N) is 2. The van der Waals surface area contributed by atoms with E-state index in [4.69, 9.17) is 28.4 Å². The van der Waals surface area contributed by atoms with Crippen molar-refractivity contribution in [3.63, 3.8) is 0 Å². The lowest BCUT2D eigenvalue weighted by Crippen LogP contribution is -2.70. The number of amides is 2. The monoisotopic (exact) mass is 1490 g/mol. The number of hydrogen-bond acceptors (Lipinski definition) is 20. The third-order valence-electron chi connectivity index (χ3n) is 21.5. The van der Waals surface area contributed by atoms with Crippen molar-refractivity contribution >= 4 is 17.8 Å². The van der Waals surface area contributed by atoms with Gasteiger partial charge in [-0.3, -0.25) is 9.59 Å². The molecule has 3 fully saturated rings. The minimum atomic E-state index is -3.08. The summed E-state index contributed by atoms with van der Waals surface area (Å²) < 4.78 is 35.0. The third kappa shape index (κ3) is 39.9. The first-order valence-electron chi connectivity index (χ1n) is 42.0. The molecule has 0 bridgehead atoms. The van der Waals surface area contributed by atoms with E-state index in [1.54, 1.807) is 0 Å². The molecule has 18 unspecified atom stereocenters. The Bertz CT molecular complexity index is 2120. The van der Waals surface area contributed by atoms with E-state index >= 15 is 0 Å². The molecule has 0 saturated carbocycles. The van der Waals surface area contributed by atoms with Crippen LogP contribution in [-0.2, 0) is 42.8 Å². The fourth-order valence-electron chi connectivity index (χ4n) is 14.8. The number of ether oxygens (including phenoxy) is 6. The molecule has 0 aromatic rings. The molecular weight excluding hydrogens is 1340 g/mol. The molecule has 23 heteroatoms. The molecule has 612 valence electrons. The number of carboxylic acid groups (broad SMARTS) is 1. The van der Waals surface area contributed by atoms with Crippen molar-refractivity contribution in [2.45, 2.75) is 458 Å². The fourth-order valence-corrected chi connectivity index (χ4v) is 14.8. The molecule has 3 saturated heterocycles. The van der Waals surface area contributed by atoms with E-state index in [1.807, 2.05) is 0 Å². The summed E-state index contributed by atoms with van der Waals surface area (Å²) in [6.07, 6.45) is 36.3. The Morgan fingerprint density at radius 3 is 1.30 bits per heavy atom. The quantitative estimate of drug-likeness (QED) is 0.0199. The van der Waals surface area contributed by atoms with Crippen molar-refractivity contribution in [2.24, 2.45) is 0 Å². The van der Waals surface area contributed by atoms with Crippen molar-refractivity contribution in [3.8, 4) is 0 Å². The van der Waals surface area contributed by atoms with Gasteiger partial charge in [-0.15, -0.1) is 0 Å². The van der Waals surface area contributed by atoms with Gasteiger partial charge in [-0.05, 0) is 38.5 Å². The minimum absolute atomic E-state index is 0.226. The molecule has 18 atom stereocenters. The molecule has 3 rings (SSSR count). The Morgan fingerprint density at radius 1 is 0.490 bits per heavy atom. The number of rotatable bonds is 67. The molecule has 104 heavy (non-hydrogen) atoms. The number of hydrogen-bond donors (Lipinski definition) is 14. The smallest absolute Gasteiger partial charge is 0.364 e. The molecule has 2 amide bonds. The van der Waals surface area contributed by atoms with Crippen LogP contribution in [0.25, 0.3) is 0 Å². The first kappa shape index (κ1) is 95.7. The fraction of sp³-hybridized carbons (Fsp3) is 0.938. The molecule has 0 aromatic carbocycles. The van der Waals surface area contributed by atoms with Crippen LogP contribution in [-0.4, -0.2) is 215 Å². The average molecular weight is 1490 g/mol. The number of carbonyl (C=O) groups is 3. The molecule has 0 aliphatic carbocycles. The summed E-state index contributed by atoms with van der Waals surface area (Å²) in [6.45, 7) is 2.27. The van der Waals surface area contributed by atoms with E-state index in [2.05, 4.69) is 36.6 Å². The van der Waals surface area contributed by atoms with E-state index in [9.17, 15) is 75.7 Å². The van der Waals surface area contributed by atoms with Gasteiger partial charge in [0.25, 0.3) is 5.79 Å². The lowest BCUT2D eigenvalue weighted by molar-refractivity contribution is -0.386. The molecule has 0 radical (unpaired) electrons. The minimum Gasteiger partial charge on any atom is -0.477 e. The number of carbonyl (C=O) groups excluding carboxylic acids is 2. The molecule has 23 nitrogen and oxygen atoms in total. The van der Waals surface area contributed by atoms with Crippen LogP contribution < -0.4 is 10.6 Å². The second-order valence-electron chi connectivity index (χ2n) is 30.7. The first-order chi connectivity index (χ1) is 50.4. The summed E-state index contributed by atoms with van der Waals surface area (Å²) in [7, 11) is 0. The Kier molecular flexibility index (Phi) is 55.4. The van der Waals surface area contributed by atoms with Crippen molar-refractivity contribution in [3.05, 3.63) is 12.2 Å². The Labute approximate surface area is 626 Å². The summed E-state index contributed by atoms with van der Waals surface area (Å²) in [4.78, 5) is 38.7. The van der Waals surface area contributed by atoms with Gasteiger partial charge in [-0.25, -0.2) is 4.79 Å². The van der Waals surface area contributed by atoms with E-state index in [0.717, 1.165) is 58.3 Å². The highest BCUT2D eigenvalue weighted by Crippen LogP contribution is 2.39. The van der Waals surface area contributed by atoms with Crippen LogP contribution in [0.5, 0.6) is 0 Å². The standard InChI is InChI=1S/C81H152N2O21/c1-4-6-8-10-12-14-16-18-20-22-24-26-27-28-29-30-31-32-33-35-37-39-41-43-45-47-49-51-53-55-68(91)83-62(63(88)54-52-50-48-46-44-42-40-38-36-34-25-23-21-19-17-15-13-11-9-7-5-2)60-99-78-73(95)72(94)75(67(59-86)101-78)102-79-74(96)77(71(93)66(58-85)100-79)104-81(80(97)98)56-64(89)69(82-61(3)87)76(103-81)70(92)65(90)57-84/h28-29,62-67,69-79,84-86,88-90,92-96H,4-27,30-60H2,1-3H3,(H,82,87)(H,83,91)(H,97,98)/b29-28-. The highest BCUT2D eigenvalue weighted by molar-refractivity contribution is 5.77. The summed E-state index contributed by atoms with van der Waals surface area (Å²) in [5, 5.41) is 137. The lowest BCUT2D eigenvalue weighted by atomic mass is 9.88. The zero-order chi connectivity index (χ0) is 76.0. The van der Waals surface area contributed by atoms with E-state index < -0.39 is 148 Å². The van der Waals surface area contributed by atoms with E-state index in [1.165, 1.54) is 244 Å². The van der Waals surface area contributed by atoms with Crippen LogP contribution in [0.4, 0.5) is 0 Å². The van der Waals surface area contributed by atoms with Crippen LogP contribution in [0.15, 0.2) is 12.2 Å². The van der Waals surface area contributed by atoms with Gasteiger partial charge in [0.2, 0.25) is 11.8 Å². The predicted octanol–water partition coefficient (Wildman–Crippen LogP) is 11.7. The summed E-state index contributed by atoms with van der Waals surface area (Å²) in [6, 6.07) is -2.53. The van der Waals surface area contributed by atoms with Crippen molar-refractivity contribution in [1.82, 2.24) is 10.6 Å². The van der Waals surface area contributed by atoms with E-state index in [0.29, 0.717) is 19.3 Å². The predicted molar refractivity (Wildman–Crippen MR) is 403 cm³/mol. The van der Waals surface area contributed by atoms with Crippen molar-refractivity contribution in [1.29, 1.82) is 0 Å². The second kappa shape index (κ2) is 60.2. The summed E-state index contributed by atoms with van der Waals surface area (Å²) in [5.74, 6) is -6.09. The number of carboxylic acids is 1. The Balaban J connectivity index is 1.49. The Morgan fingerprint density at radius 2 is 0.894 bits per heavy atom. The van der Waals surface area contributed by atoms with Crippen LogP contribution in [0, 0.1) is 0 Å². The summed E-state index contributed by atoms with van der Waals surface area (Å²) >= 11 is 0. The maximum Gasteiger partial charge on any atom is 0.364 e. The first-order valence-corrected chi connectivity index (χ1v) is 42.0. The van der Waals surface area contributed by atoms with Gasteiger partial charge in [0, 0.05) is 19.8 Å². The maximum absolute atomic E-state index is 13.6. The van der Waals surface area contributed by atoms with Crippen LogP contribution in [0.3, 0.4) is 0 Å². The second-order valence-corrected chi connectivity index (χ2v) is 30.7. The summed E-state index contributed by atoms with van der Waals surface area (Å²) in [5.41, 5.74) is 0. The molecular formula is C81H152N2O21. The van der Waals surface area contributed by atoms with E-state index in [-0.39, 0.29) is 18.9 Å². The maximum atomic E-state index is 13.6. The number of allylic oxidation sites excluding steroid dienone is 2. The van der Waals surface area contributed by atoms with Gasteiger partial charge in [0.15, 0.2) is 12.6 Å². The van der Waals surface area contributed by atoms with Gasteiger partial charge < -0.3 is 100 Å². The highest BCUT2D eigenvalue weighted by atomic mass is 16.8. The molecule has 3 aliphatic heterocycles. The zero-order valence-electron chi connectivity index (χ0n) is 64.9. The van der Waals surface area contributed by atoms with Crippen LogP contribution in [0.1, 0.15) is 348 Å². The topological polar surface area (TPSA) is 373 Å². The number of aliphatic carboxylic acids is 1. The average Bonchev–Trinajstić information content (AvgIpc) is 0.756. The van der Waals surface area contributed by atoms with Gasteiger partial charge in [-0.1, -0.05) is 302 Å². The lowest BCUT2D eigenvalue weighted by Gasteiger charge is -2.50.